The van der Waals surface area contributed by atoms with E-state index >= 15 is 0 Å². The molecule has 0 aliphatic heterocycles. The second kappa shape index (κ2) is 6.30. The number of rotatable bonds is 4. The molecule has 1 aromatic rings. The summed E-state index contributed by atoms with van der Waals surface area (Å²) in [6, 6.07) is 1.85. The molecule has 1 amide bonds. The Morgan fingerprint density at radius 1 is 1.56 bits per heavy atom. The van der Waals surface area contributed by atoms with Crippen molar-refractivity contribution in [3.63, 3.8) is 0 Å². The predicted molar refractivity (Wildman–Crippen MR) is 59.1 cm³/mol. The Balaban J connectivity index is 2.38. The minimum Gasteiger partial charge on any atom is -0.356 e. The minimum atomic E-state index is -0.0323. The molecule has 0 radical (unpaired) electrons. The fraction of sp³-hybridized carbons (Fsp3) is 0.273. The van der Waals surface area contributed by atoms with Gasteiger partial charge in [0.1, 0.15) is 6.07 Å². The number of hydrogen-bond acceptors (Lipinski definition) is 4. The first-order valence-corrected chi connectivity index (χ1v) is 4.85. The third-order valence-corrected chi connectivity index (χ3v) is 1.77. The van der Waals surface area contributed by atoms with Crippen LogP contribution < -0.4 is 5.32 Å². The van der Waals surface area contributed by atoms with Crippen LogP contribution in [-0.4, -0.2) is 22.4 Å². The van der Waals surface area contributed by atoms with Gasteiger partial charge < -0.3 is 5.32 Å². The maximum Gasteiger partial charge on any atom is 0.232 e. The number of amides is 1. The molecule has 5 heteroatoms. The molecule has 0 aliphatic rings. The van der Waals surface area contributed by atoms with Crippen LogP contribution in [0.5, 0.6) is 0 Å². The molecule has 0 atom stereocenters. The van der Waals surface area contributed by atoms with Gasteiger partial charge in [0.25, 0.3) is 0 Å². The third kappa shape index (κ3) is 4.33. The lowest BCUT2D eigenvalue weighted by Crippen LogP contribution is -2.20. The van der Waals surface area contributed by atoms with E-state index < -0.39 is 0 Å². The van der Waals surface area contributed by atoms with Gasteiger partial charge >= 0.3 is 0 Å². The third-order valence-electron chi connectivity index (χ3n) is 1.77. The summed E-state index contributed by atoms with van der Waals surface area (Å²) in [6.45, 7) is 2.10. The Hall–Kier alpha value is -2.22. The maximum absolute atomic E-state index is 10.6. The average molecular weight is 216 g/mol. The standard InChI is InChI=1S/C11H12N4O/c1-9(16)13-5-3-2-4-10-7-14-11(6-12)15-8-10/h2,4,7-8H,3,5H2,1H3,(H,13,16). The van der Waals surface area contributed by atoms with Crippen molar-refractivity contribution in [3.8, 4) is 6.07 Å². The van der Waals surface area contributed by atoms with Crippen molar-refractivity contribution in [2.75, 3.05) is 6.54 Å². The normalized spacial score (nSPS) is 10.0. The van der Waals surface area contributed by atoms with Crippen molar-refractivity contribution in [2.24, 2.45) is 0 Å². The van der Waals surface area contributed by atoms with Gasteiger partial charge in [-0.05, 0) is 6.42 Å². The highest BCUT2D eigenvalue weighted by molar-refractivity contribution is 5.72. The monoisotopic (exact) mass is 216 g/mol. The number of nitrogens with zero attached hydrogens (tertiary/aromatic N) is 3. The summed E-state index contributed by atoms with van der Waals surface area (Å²) < 4.78 is 0. The highest BCUT2D eigenvalue weighted by Crippen LogP contribution is 1.99. The van der Waals surface area contributed by atoms with E-state index in [1.807, 2.05) is 18.2 Å². The highest BCUT2D eigenvalue weighted by atomic mass is 16.1. The number of carbonyl (C=O) groups excluding carboxylic acids is 1. The van der Waals surface area contributed by atoms with E-state index in [0.717, 1.165) is 12.0 Å². The number of nitriles is 1. The molecule has 0 aromatic carbocycles. The zero-order chi connectivity index (χ0) is 11.8. The Morgan fingerprint density at radius 2 is 2.25 bits per heavy atom. The average Bonchev–Trinajstić information content (AvgIpc) is 2.29. The fourth-order valence-electron chi connectivity index (χ4n) is 1.03. The van der Waals surface area contributed by atoms with E-state index in [9.17, 15) is 4.79 Å². The van der Waals surface area contributed by atoms with Crippen LogP contribution in [0, 0.1) is 11.3 Å². The molecule has 1 N–H and O–H groups in total. The van der Waals surface area contributed by atoms with Crippen molar-refractivity contribution in [2.45, 2.75) is 13.3 Å². The first kappa shape index (κ1) is 11.9. The highest BCUT2D eigenvalue weighted by Gasteiger charge is 1.92. The van der Waals surface area contributed by atoms with Gasteiger partial charge in [0.2, 0.25) is 11.7 Å². The van der Waals surface area contributed by atoms with Gasteiger partial charge in [-0.1, -0.05) is 12.2 Å². The van der Waals surface area contributed by atoms with E-state index in [2.05, 4.69) is 15.3 Å². The lowest BCUT2D eigenvalue weighted by atomic mass is 10.3. The van der Waals surface area contributed by atoms with Crippen LogP contribution in [0.15, 0.2) is 18.5 Å². The lowest BCUT2D eigenvalue weighted by Gasteiger charge is -1.96. The summed E-state index contributed by atoms with van der Waals surface area (Å²) in [5, 5.41) is 11.2. The fourth-order valence-corrected chi connectivity index (χ4v) is 1.03. The van der Waals surface area contributed by atoms with Crippen LogP contribution in [0.25, 0.3) is 6.08 Å². The van der Waals surface area contributed by atoms with Gasteiger partial charge in [-0.2, -0.15) is 5.26 Å². The number of carbonyl (C=O) groups is 1. The van der Waals surface area contributed by atoms with Crippen molar-refractivity contribution >= 4 is 12.0 Å². The molecular formula is C11H12N4O. The molecule has 16 heavy (non-hydrogen) atoms. The van der Waals surface area contributed by atoms with Gasteiger partial charge in [0.05, 0.1) is 0 Å². The zero-order valence-electron chi connectivity index (χ0n) is 8.97. The molecule has 1 rings (SSSR count). The van der Waals surface area contributed by atoms with Gasteiger partial charge in [-0.25, -0.2) is 9.97 Å². The number of nitrogens with one attached hydrogen (secondary N) is 1. The molecule has 0 bridgehead atoms. The summed E-state index contributed by atoms with van der Waals surface area (Å²) in [7, 11) is 0. The zero-order valence-corrected chi connectivity index (χ0v) is 8.97. The molecule has 0 fully saturated rings. The molecule has 5 nitrogen and oxygen atoms in total. The van der Waals surface area contributed by atoms with Gasteiger partial charge in [-0.3, -0.25) is 4.79 Å². The van der Waals surface area contributed by atoms with E-state index in [4.69, 9.17) is 5.26 Å². The summed E-state index contributed by atoms with van der Waals surface area (Å²) >= 11 is 0. The largest absolute Gasteiger partial charge is 0.356 e. The van der Waals surface area contributed by atoms with Crippen LogP contribution in [0.4, 0.5) is 0 Å². The lowest BCUT2D eigenvalue weighted by molar-refractivity contribution is -0.118. The first-order valence-electron chi connectivity index (χ1n) is 4.85. The number of aromatic nitrogens is 2. The molecule has 0 saturated heterocycles. The SMILES string of the molecule is CC(=O)NCCC=Cc1cnc(C#N)nc1. The summed E-state index contributed by atoms with van der Waals surface area (Å²) in [5.41, 5.74) is 0.835. The Labute approximate surface area is 93.8 Å². The van der Waals surface area contributed by atoms with Crippen molar-refractivity contribution in [1.29, 1.82) is 5.26 Å². The van der Waals surface area contributed by atoms with Crippen LogP contribution in [0.2, 0.25) is 0 Å². The van der Waals surface area contributed by atoms with Crippen molar-refractivity contribution < 1.29 is 4.79 Å². The molecule has 1 aromatic heterocycles. The van der Waals surface area contributed by atoms with Gasteiger partial charge in [0, 0.05) is 31.4 Å². The summed E-state index contributed by atoms with van der Waals surface area (Å²) in [5.74, 6) is 0.130. The van der Waals surface area contributed by atoms with Crippen LogP contribution in [0.1, 0.15) is 24.7 Å². The molecular weight excluding hydrogens is 204 g/mol. The second-order valence-electron chi connectivity index (χ2n) is 3.13. The Morgan fingerprint density at radius 3 is 2.81 bits per heavy atom. The Bertz CT molecular complexity index is 417. The molecule has 82 valence electrons. The first-order chi connectivity index (χ1) is 7.72. The molecule has 0 aliphatic carbocycles. The molecule has 0 saturated carbocycles. The minimum absolute atomic E-state index is 0.0323. The van der Waals surface area contributed by atoms with Gasteiger partial charge in [0.15, 0.2) is 0 Å². The van der Waals surface area contributed by atoms with E-state index in [1.54, 1.807) is 12.4 Å². The molecule has 0 spiro atoms. The number of hydrogen-bond donors (Lipinski definition) is 1. The summed E-state index contributed by atoms with van der Waals surface area (Å²) in [6.07, 6.45) is 7.68. The molecule has 1 heterocycles. The van der Waals surface area contributed by atoms with Crippen LogP contribution in [0.3, 0.4) is 0 Å². The predicted octanol–water partition coefficient (Wildman–Crippen LogP) is 0.888. The second-order valence-corrected chi connectivity index (χ2v) is 3.13. The maximum atomic E-state index is 10.6. The van der Waals surface area contributed by atoms with Crippen LogP contribution >= 0.6 is 0 Å². The van der Waals surface area contributed by atoms with E-state index in [0.29, 0.717) is 6.54 Å². The quantitative estimate of drug-likeness (QED) is 0.758. The van der Waals surface area contributed by atoms with Crippen LogP contribution in [-0.2, 0) is 4.79 Å². The summed E-state index contributed by atoms with van der Waals surface area (Å²) in [4.78, 5) is 18.2. The van der Waals surface area contributed by atoms with Crippen molar-refractivity contribution in [1.82, 2.24) is 15.3 Å². The van der Waals surface area contributed by atoms with E-state index in [-0.39, 0.29) is 11.7 Å². The van der Waals surface area contributed by atoms with E-state index in [1.165, 1.54) is 6.92 Å². The van der Waals surface area contributed by atoms with Crippen molar-refractivity contribution in [3.05, 3.63) is 29.9 Å². The smallest absolute Gasteiger partial charge is 0.232 e. The topological polar surface area (TPSA) is 78.7 Å². The van der Waals surface area contributed by atoms with Gasteiger partial charge in [-0.15, -0.1) is 0 Å². The molecule has 0 unspecified atom stereocenters. The Kier molecular flexibility index (Phi) is 4.67.